The number of benzene rings is 1. The topological polar surface area (TPSA) is 163 Å². The molecule has 0 saturated carbocycles. The highest BCUT2D eigenvalue weighted by Crippen LogP contribution is 2.22. The lowest BCUT2D eigenvalue weighted by atomic mass is 10.1. The van der Waals surface area contributed by atoms with Gasteiger partial charge in [-0.1, -0.05) is 0 Å². The van der Waals surface area contributed by atoms with Crippen LogP contribution >= 0.6 is 31.9 Å². The summed E-state index contributed by atoms with van der Waals surface area (Å²) in [6.45, 7) is 1.95. The lowest BCUT2D eigenvalue weighted by molar-refractivity contribution is -0.384. The molecule has 3 aromatic heterocycles. The number of hydrogen-bond acceptors (Lipinski definition) is 11. The van der Waals surface area contributed by atoms with Crippen LogP contribution in [0.15, 0.2) is 88.2 Å². The van der Waals surface area contributed by atoms with Gasteiger partial charge in [0.2, 0.25) is 17.7 Å². The fourth-order valence-corrected chi connectivity index (χ4v) is 4.55. The molecule has 4 aromatic rings. The molecule has 45 heavy (non-hydrogen) atoms. The van der Waals surface area contributed by atoms with E-state index >= 15 is 0 Å². The zero-order valence-corrected chi connectivity index (χ0v) is 26.6. The summed E-state index contributed by atoms with van der Waals surface area (Å²) in [7, 11) is 0. The average molecular weight is 743 g/mol. The molecule has 2 fully saturated rings. The summed E-state index contributed by atoms with van der Waals surface area (Å²) in [6, 6.07) is 16.1. The normalized spacial score (nSPS) is 14.3. The van der Waals surface area contributed by atoms with Crippen molar-refractivity contribution in [2.24, 2.45) is 0 Å². The minimum absolute atomic E-state index is 0.00415. The fraction of sp³-hybridized carbons (Fsp3) is 0.241. The maximum absolute atomic E-state index is 12.0. The highest BCUT2D eigenvalue weighted by Gasteiger charge is 2.34. The first-order valence-corrected chi connectivity index (χ1v) is 15.1. The second-order valence-electron chi connectivity index (χ2n) is 9.82. The van der Waals surface area contributed by atoms with Crippen LogP contribution in [0.4, 0.5) is 10.5 Å². The van der Waals surface area contributed by atoms with Crippen LogP contribution in [-0.4, -0.2) is 85.3 Å². The van der Waals surface area contributed by atoms with Gasteiger partial charge in [0.1, 0.15) is 18.0 Å². The summed E-state index contributed by atoms with van der Waals surface area (Å²) < 4.78 is 18.2. The maximum atomic E-state index is 12.0. The molecule has 2 aliphatic heterocycles. The van der Waals surface area contributed by atoms with E-state index in [1.807, 2.05) is 12.1 Å². The third kappa shape index (κ3) is 9.15. The summed E-state index contributed by atoms with van der Waals surface area (Å²) in [5, 5.41) is 18.2. The number of pyridine rings is 2. The lowest BCUT2D eigenvalue weighted by Crippen LogP contribution is -2.57. The lowest BCUT2D eigenvalue weighted by Gasteiger charge is -2.38. The Morgan fingerprint density at radius 1 is 0.844 bits per heavy atom. The third-order valence-electron chi connectivity index (χ3n) is 6.49. The van der Waals surface area contributed by atoms with E-state index in [0.29, 0.717) is 43.6 Å². The number of nitro groups is 1. The van der Waals surface area contributed by atoms with Gasteiger partial charge in [-0.25, -0.2) is 14.8 Å². The summed E-state index contributed by atoms with van der Waals surface area (Å²) >= 11 is 6.61. The Morgan fingerprint density at radius 2 is 1.42 bits per heavy atom. The number of hydrogen-bond donors (Lipinski definition) is 0. The first-order valence-electron chi connectivity index (χ1n) is 13.5. The number of halogens is 2. The first-order chi connectivity index (χ1) is 21.7. The van der Waals surface area contributed by atoms with Gasteiger partial charge in [-0.15, -0.1) is 0 Å². The Kier molecular flexibility index (Phi) is 10.5. The smallest absolute Gasteiger partial charge is 0.415 e. The fourth-order valence-electron chi connectivity index (χ4n) is 4.08. The van der Waals surface area contributed by atoms with Gasteiger partial charge >= 0.3 is 6.09 Å². The Morgan fingerprint density at radius 3 is 1.91 bits per heavy atom. The van der Waals surface area contributed by atoms with Crippen molar-refractivity contribution in [1.29, 1.82) is 0 Å². The van der Waals surface area contributed by atoms with E-state index in [0.717, 1.165) is 8.95 Å². The second-order valence-corrected chi connectivity index (χ2v) is 11.7. The minimum atomic E-state index is -0.521. The summed E-state index contributed by atoms with van der Waals surface area (Å²) in [5.41, 5.74) is 0.621. The molecule has 6 rings (SSSR count). The first kappa shape index (κ1) is 31.7. The van der Waals surface area contributed by atoms with Crippen molar-refractivity contribution >= 4 is 49.5 Å². The molecule has 0 bridgehead atoms. The molecule has 232 valence electrons. The molecule has 14 nitrogen and oxygen atoms in total. The van der Waals surface area contributed by atoms with Crippen LogP contribution in [0.1, 0.15) is 5.69 Å². The van der Waals surface area contributed by atoms with Crippen molar-refractivity contribution in [2.45, 2.75) is 18.6 Å². The number of carbonyl (C=O) groups excluding carboxylic acids is 2. The molecule has 2 aliphatic rings. The van der Waals surface area contributed by atoms with Gasteiger partial charge < -0.3 is 24.0 Å². The van der Waals surface area contributed by atoms with Crippen molar-refractivity contribution < 1.29 is 28.7 Å². The number of nitro benzene ring substituents is 1. The number of aromatic nitrogens is 4. The maximum Gasteiger partial charge on any atom is 0.415 e. The Balaban J connectivity index is 0.000000179. The van der Waals surface area contributed by atoms with E-state index in [9.17, 15) is 19.7 Å². The number of ether oxygens (including phenoxy) is 3. The van der Waals surface area contributed by atoms with Crippen molar-refractivity contribution in [1.82, 2.24) is 30.0 Å². The predicted molar refractivity (Wildman–Crippen MR) is 166 cm³/mol. The van der Waals surface area contributed by atoms with Gasteiger partial charge in [0, 0.05) is 51.8 Å². The Labute approximate surface area is 273 Å². The van der Waals surface area contributed by atoms with Gasteiger partial charge in [0.05, 0.1) is 43.2 Å². The summed E-state index contributed by atoms with van der Waals surface area (Å²) in [4.78, 5) is 45.5. The average Bonchev–Trinajstić information content (AvgIpc) is 2.99. The van der Waals surface area contributed by atoms with Crippen LogP contribution in [0.25, 0.3) is 0 Å². The predicted octanol–water partition coefficient (Wildman–Crippen LogP) is 4.48. The van der Waals surface area contributed by atoms with E-state index < -0.39 is 11.0 Å². The number of likely N-dealkylation sites (tertiary alicyclic amines) is 2. The highest BCUT2D eigenvalue weighted by molar-refractivity contribution is 9.10. The molecule has 0 radical (unpaired) electrons. The zero-order chi connectivity index (χ0) is 31.8. The molecule has 5 heterocycles. The minimum Gasteiger partial charge on any atom is -0.471 e. The summed E-state index contributed by atoms with van der Waals surface area (Å²) in [5.74, 6) is 1.36. The third-order valence-corrected chi connectivity index (χ3v) is 7.43. The molecule has 0 atom stereocenters. The van der Waals surface area contributed by atoms with E-state index in [1.54, 1.807) is 47.8 Å². The number of carbonyl (C=O) groups is 2. The van der Waals surface area contributed by atoms with Crippen LogP contribution in [0.5, 0.6) is 17.5 Å². The largest absolute Gasteiger partial charge is 0.471 e. The van der Waals surface area contributed by atoms with Crippen LogP contribution < -0.4 is 14.2 Å². The van der Waals surface area contributed by atoms with Gasteiger partial charge in [0.25, 0.3) is 5.69 Å². The molecule has 0 spiro atoms. The number of rotatable bonds is 8. The Hall–Kier alpha value is -4.70. The van der Waals surface area contributed by atoms with Crippen LogP contribution in [0.3, 0.4) is 0 Å². The van der Waals surface area contributed by atoms with E-state index in [2.05, 4.69) is 52.0 Å². The van der Waals surface area contributed by atoms with Crippen molar-refractivity contribution in [3.8, 4) is 17.5 Å². The molecule has 2 amide bonds. The molecule has 0 aliphatic carbocycles. The van der Waals surface area contributed by atoms with Crippen LogP contribution in [0.2, 0.25) is 0 Å². The molecule has 1 aromatic carbocycles. The number of amides is 2. The van der Waals surface area contributed by atoms with E-state index in [1.165, 1.54) is 29.2 Å². The number of non-ortho nitro benzene ring substituents is 1. The monoisotopic (exact) mass is 741 g/mol. The number of nitrogens with zero attached hydrogens (tertiary/aromatic N) is 7. The molecule has 0 N–H and O–H groups in total. The molecular formula is C29H25Br2N7O7. The van der Waals surface area contributed by atoms with Gasteiger partial charge in [0.15, 0.2) is 0 Å². The molecule has 0 unspecified atom stereocenters. The standard InChI is InChI=1S/C15H12BrN3O5.C14H13BrN4O2/c16-10-1-6-14(17-7-10)23-13-8-18(9-13)15(20)24-12-4-2-11(3-5-12)19(21)22;15-10-3-4-13(16-7-10)21-12-8-19(9-12)14(20)6-11-2-1-5-17-18-11/h1-7,13H,8-9H2;1-5,7,12H,6,8-9H2. The quantitative estimate of drug-likeness (QED) is 0.185. The van der Waals surface area contributed by atoms with Gasteiger partial charge in [-0.05, 0) is 68.3 Å². The SMILES string of the molecule is O=C(Cc1cccnn1)N1CC(Oc2ccc(Br)cn2)C1.O=C(Oc1ccc([N+](=O)[O-])cc1)N1CC(Oc2ccc(Br)cn2)C1. The van der Waals surface area contributed by atoms with Crippen LogP contribution in [0, 0.1) is 10.1 Å². The molecular weight excluding hydrogens is 718 g/mol. The van der Waals surface area contributed by atoms with Crippen LogP contribution in [-0.2, 0) is 11.2 Å². The Bertz CT molecular complexity index is 1600. The van der Waals surface area contributed by atoms with Gasteiger partial charge in [-0.3, -0.25) is 14.9 Å². The van der Waals surface area contributed by atoms with Crippen molar-refractivity contribution in [2.75, 3.05) is 26.2 Å². The van der Waals surface area contributed by atoms with Gasteiger partial charge in [-0.2, -0.15) is 10.2 Å². The molecule has 2 saturated heterocycles. The molecule has 16 heteroatoms. The summed E-state index contributed by atoms with van der Waals surface area (Å²) in [6.07, 6.45) is 4.53. The van der Waals surface area contributed by atoms with E-state index in [-0.39, 0.29) is 36.0 Å². The highest BCUT2D eigenvalue weighted by atomic mass is 79.9. The van der Waals surface area contributed by atoms with Crippen molar-refractivity contribution in [3.05, 3.63) is 104 Å². The van der Waals surface area contributed by atoms with Crippen molar-refractivity contribution in [3.63, 3.8) is 0 Å². The zero-order valence-electron chi connectivity index (χ0n) is 23.4. The second kappa shape index (κ2) is 14.9. The van der Waals surface area contributed by atoms with E-state index in [4.69, 9.17) is 14.2 Å².